The van der Waals surface area contributed by atoms with Crippen molar-refractivity contribution < 1.29 is 0 Å². The lowest BCUT2D eigenvalue weighted by Gasteiger charge is -2.32. The molecule has 0 aromatic carbocycles. The van der Waals surface area contributed by atoms with E-state index in [0.717, 1.165) is 0 Å². The van der Waals surface area contributed by atoms with E-state index in [1.807, 2.05) is 0 Å². The zero-order valence-electron chi connectivity index (χ0n) is 9.60. The van der Waals surface area contributed by atoms with Crippen LogP contribution in [-0.2, 0) is 0 Å². The Morgan fingerprint density at radius 1 is 1.17 bits per heavy atom. The van der Waals surface area contributed by atoms with E-state index in [1.165, 1.54) is 0 Å². The van der Waals surface area contributed by atoms with Gasteiger partial charge in [0.2, 0.25) is 0 Å². The molecule has 0 aliphatic heterocycles. The third kappa shape index (κ3) is 3.52. The molecule has 0 amide bonds. The van der Waals surface area contributed by atoms with E-state index in [2.05, 4.69) is 53.9 Å². The fourth-order valence-electron chi connectivity index (χ4n) is 0.529. The van der Waals surface area contributed by atoms with Crippen LogP contribution < -0.4 is 0 Å². The molecule has 0 atom stereocenters. The average molecular weight is 185 g/mol. The van der Waals surface area contributed by atoms with E-state index < -0.39 is 8.24 Å². The van der Waals surface area contributed by atoms with Gasteiger partial charge in [0, 0.05) is 0 Å². The zero-order valence-corrected chi connectivity index (χ0v) is 10.6. The Kier molecular flexibility index (Phi) is 3.70. The van der Waals surface area contributed by atoms with Crippen LogP contribution in [0.4, 0.5) is 0 Å². The van der Waals surface area contributed by atoms with Gasteiger partial charge in [-0.2, -0.15) is 0 Å². The molecule has 0 aliphatic carbocycles. The molecule has 0 spiro atoms. The third-order valence-corrected chi connectivity index (χ3v) is 7.00. The summed E-state index contributed by atoms with van der Waals surface area (Å²) in [5.41, 5.74) is 0. The van der Waals surface area contributed by atoms with Crippen molar-refractivity contribution in [1.82, 2.24) is 0 Å². The van der Waals surface area contributed by atoms with E-state index >= 15 is 0 Å². The van der Waals surface area contributed by atoms with Crippen LogP contribution in [0, 0.1) is 5.92 Å². The normalized spacial score (nSPS) is 14.7. The summed E-state index contributed by atoms with van der Waals surface area (Å²) in [6.07, 6.45) is 2.11. The molecule has 0 N–H and O–H groups in total. The maximum atomic E-state index is 4.74. The highest BCUT2D eigenvalue weighted by atomic mass is 28.3. The summed E-state index contributed by atoms with van der Waals surface area (Å²) in [6, 6.07) is 0. The summed E-state index contributed by atoms with van der Waals surface area (Å²) in [5.74, 6) is 0.583. The minimum absolute atomic E-state index is 0.373. The first-order chi connectivity index (χ1) is 5.17. The lowest BCUT2D eigenvalue weighted by atomic mass is 10.2. The first-order valence-corrected chi connectivity index (χ1v) is 7.67. The van der Waals surface area contributed by atoms with E-state index in [-0.39, 0.29) is 0 Å². The second-order valence-electron chi connectivity index (χ2n) is 5.33. The molecule has 2 heteroatoms. The molecule has 0 saturated carbocycles. The standard InChI is InChI=1S/C10H23NSi/c1-9(2)8-11-12(6,7)10(3,4)5/h8-9H,1-7H3/b11-8+. The Labute approximate surface area is 78.4 Å². The molecule has 0 aromatic rings. The largest absolute Gasteiger partial charge is 0.333 e. The summed E-state index contributed by atoms with van der Waals surface area (Å²) in [6.45, 7) is 15.9. The Morgan fingerprint density at radius 2 is 1.58 bits per heavy atom. The van der Waals surface area contributed by atoms with Crippen molar-refractivity contribution >= 4 is 14.5 Å². The van der Waals surface area contributed by atoms with Crippen LogP contribution in [0.15, 0.2) is 4.66 Å². The van der Waals surface area contributed by atoms with E-state index in [4.69, 9.17) is 4.66 Å². The lowest BCUT2D eigenvalue weighted by molar-refractivity contribution is 0.718. The van der Waals surface area contributed by atoms with Crippen molar-refractivity contribution in [2.45, 2.75) is 52.8 Å². The van der Waals surface area contributed by atoms with Gasteiger partial charge in [-0.1, -0.05) is 34.6 Å². The van der Waals surface area contributed by atoms with Gasteiger partial charge in [0.15, 0.2) is 8.24 Å². The number of hydrogen-bond donors (Lipinski definition) is 0. The van der Waals surface area contributed by atoms with Gasteiger partial charge in [-0.25, -0.2) is 0 Å². The van der Waals surface area contributed by atoms with Crippen molar-refractivity contribution in [2.75, 3.05) is 0 Å². The minimum Gasteiger partial charge on any atom is -0.333 e. The maximum Gasteiger partial charge on any atom is 0.179 e. The summed E-state index contributed by atoms with van der Waals surface area (Å²) in [7, 11) is -1.40. The molecule has 0 rings (SSSR count). The van der Waals surface area contributed by atoms with Crippen LogP contribution in [0.5, 0.6) is 0 Å². The molecule has 0 aromatic heterocycles. The lowest BCUT2D eigenvalue weighted by Crippen LogP contribution is -2.35. The van der Waals surface area contributed by atoms with Gasteiger partial charge < -0.3 is 4.66 Å². The van der Waals surface area contributed by atoms with E-state index in [1.54, 1.807) is 0 Å². The molecular weight excluding hydrogens is 162 g/mol. The smallest absolute Gasteiger partial charge is 0.179 e. The highest BCUT2D eigenvalue weighted by molar-refractivity contribution is 6.79. The SMILES string of the molecule is CC(C)/C=N/[Si](C)(C)C(C)(C)C. The Hall–Kier alpha value is -0.113. The molecule has 72 valence electrons. The zero-order chi connectivity index (χ0) is 9.99. The van der Waals surface area contributed by atoms with Gasteiger partial charge in [-0.15, -0.1) is 0 Å². The molecule has 0 unspecified atom stereocenters. The van der Waals surface area contributed by atoms with Crippen molar-refractivity contribution in [1.29, 1.82) is 0 Å². The van der Waals surface area contributed by atoms with Crippen molar-refractivity contribution in [3.8, 4) is 0 Å². The second kappa shape index (κ2) is 3.73. The summed E-state index contributed by atoms with van der Waals surface area (Å²) >= 11 is 0. The fraction of sp³-hybridized carbons (Fsp3) is 0.900. The summed E-state index contributed by atoms with van der Waals surface area (Å²) < 4.78 is 4.74. The Morgan fingerprint density at radius 3 is 1.83 bits per heavy atom. The molecule has 0 bridgehead atoms. The van der Waals surface area contributed by atoms with Crippen molar-refractivity contribution in [3.05, 3.63) is 0 Å². The molecule has 12 heavy (non-hydrogen) atoms. The third-order valence-electron chi connectivity index (χ3n) is 2.53. The predicted octanol–water partition coefficient (Wildman–Crippen LogP) is 3.72. The van der Waals surface area contributed by atoms with Crippen molar-refractivity contribution in [3.63, 3.8) is 0 Å². The number of hydrogen-bond acceptors (Lipinski definition) is 1. The molecule has 0 heterocycles. The van der Waals surface area contributed by atoms with Crippen LogP contribution in [0.25, 0.3) is 0 Å². The van der Waals surface area contributed by atoms with Gasteiger partial charge in [0.1, 0.15) is 0 Å². The molecule has 0 radical (unpaired) electrons. The first-order valence-electron chi connectivity index (χ1n) is 4.72. The predicted molar refractivity (Wildman–Crippen MR) is 60.5 cm³/mol. The summed E-state index contributed by atoms with van der Waals surface area (Å²) in [4.78, 5) is 0. The highest BCUT2D eigenvalue weighted by Crippen LogP contribution is 2.36. The molecule has 1 nitrogen and oxygen atoms in total. The quantitative estimate of drug-likeness (QED) is 0.459. The van der Waals surface area contributed by atoms with Gasteiger partial charge in [0.25, 0.3) is 0 Å². The van der Waals surface area contributed by atoms with E-state index in [0.29, 0.717) is 11.0 Å². The minimum atomic E-state index is -1.40. The topological polar surface area (TPSA) is 12.4 Å². The first kappa shape index (κ1) is 11.9. The van der Waals surface area contributed by atoms with Gasteiger partial charge in [-0.3, -0.25) is 0 Å². The molecule has 0 aliphatic rings. The highest BCUT2D eigenvalue weighted by Gasteiger charge is 2.34. The van der Waals surface area contributed by atoms with Crippen LogP contribution in [0.1, 0.15) is 34.6 Å². The van der Waals surface area contributed by atoms with Gasteiger partial charge in [0.05, 0.1) is 0 Å². The second-order valence-corrected chi connectivity index (χ2v) is 10.2. The van der Waals surface area contributed by atoms with Crippen LogP contribution in [0.2, 0.25) is 18.1 Å². The Balaban J connectivity index is 4.43. The number of rotatable bonds is 2. The average Bonchev–Trinajstić information content (AvgIpc) is 1.81. The van der Waals surface area contributed by atoms with Crippen LogP contribution >= 0.6 is 0 Å². The van der Waals surface area contributed by atoms with Crippen LogP contribution in [-0.4, -0.2) is 14.5 Å². The fourth-order valence-corrected chi connectivity index (χ4v) is 1.59. The van der Waals surface area contributed by atoms with Gasteiger partial charge >= 0.3 is 0 Å². The molecule has 0 fully saturated rings. The molecular formula is C10H23NSi. The number of nitrogens with zero attached hydrogens (tertiary/aromatic N) is 1. The monoisotopic (exact) mass is 185 g/mol. The van der Waals surface area contributed by atoms with E-state index in [9.17, 15) is 0 Å². The molecule has 0 saturated heterocycles. The van der Waals surface area contributed by atoms with Crippen molar-refractivity contribution in [2.24, 2.45) is 10.6 Å². The maximum absolute atomic E-state index is 4.74. The summed E-state index contributed by atoms with van der Waals surface area (Å²) in [5, 5.41) is 0.373. The van der Waals surface area contributed by atoms with Gasteiger partial charge in [-0.05, 0) is 30.3 Å². The van der Waals surface area contributed by atoms with Crippen LogP contribution in [0.3, 0.4) is 0 Å². The Bertz CT molecular complexity index is 163.